The first-order valence-corrected chi connectivity index (χ1v) is 20.8. The zero-order valence-electron chi connectivity index (χ0n) is 30.9. The Kier molecular flexibility index (Phi) is 11.2. The fourth-order valence-corrected chi connectivity index (χ4v) is 8.13. The Bertz CT molecular complexity index is 2120. The van der Waals surface area contributed by atoms with E-state index in [1.807, 2.05) is 84.9 Å². The minimum Gasteiger partial charge on any atom is -0.413 e. The predicted molar refractivity (Wildman–Crippen MR) is 220 cm³/mol. The van der Waals surface area contributed by atoms with Crippen molar-refractivity contribution in [3.05, 3.63) is 205 Å². The van der Waals surface area contributed by atoms with E-state index in [1.165, 1.54) is 22.8 Å². The van der Waals surface area contributed by atoms with Crippen molar-refractivity contribution in [1.82, 2.24) is 0 Å². The van der Waals surface area contributed by atoms with E-state index in [2.05, 4.69) is 65.1 Å². The highest BCUT2D eigenvalue weighted by molar-refractivity contribution is 7.58. The number of benzene rings is 6. The Hall–Kier alpha value is -5.54. The fourth-order valence-electron chi connectivity index (χ4n) is 6.10. The lowest BCUT2D eigenvalue weighted by atomic mass is 9.78. The predicted octanol–water partition coefficient (Wildman–Crippen LogP) is 13.6. The van der Waals surface area contributed by atoms with Gasteiger partial charge in [-0.2, -0.15) is 0 Å². The lowest BCUT2D eigenvalue weighted by molar-refractivity contribution is 0.396. The van der Waals surface area contributed by atoms with Gasteiger partial charge in [-0.05, 0) is 81.9 Å². The molecule has 6 nitrogen and oxygen atoms in total. The summed E-state index contributed by atoms with van der Waals surface area (Å²) in [5.41, 5.74) is 5.89. The van der Waals surface area contributed by atoms with Crippen molar-refractivity contribution < 1.29 is 27.2 Å². The van der Waals surface area contributed by atoms with Crippen molar-refractivity contribution in [2.45, 2.75) is 38.5 Å². The first-order valence-electron chi connectivity index (χ1n) is 17.6. The first-order chi connectivity index (χ1) is 25.8. The molecule has 0 saturated carbocycles. The summed E-state index contributed by atoms with van der Waals surface area (Å²) in [4.78, 5) is 0. The van der Waals surface area contributed by atoms with Gasteiger partial charge in [-0.25, -0.2) is 9.13 Å². The molecule has 0 aliphatic rings. The van der Waals surface area contributed by atoms with Gasteiger partial charge in [-0.15, -0.1) is 0 Å². The van der Waals surface area contributed by atoms with Gasteiger partial charge in [0.1, 0.15) is 23.0 Å². The highest BCUT2D eigenvalue weighted by Gasteiger charge is 2.28. The van der Waals surface area contributed by atoms with E-state index in [0.717, 1.165) is 22.3 Å². The van der Waals surface area contributed by atoms with Crippen LogP contribution in [-0.4, -0.2) is 0 Å². The Morgan fingerprint density at radius 2 is 0.630 bits per heavy atom. The van der Waals surface area contributed by atoms with Gasteiger partial charge in [0.05, 0.1) is 0 Å². The molecule has 0 heterocycles. The average Bonchev–Trinajstić information content (AvgIpc) is 3.19. The van der Waals surface area contributed by atoms with Gasteiger partial charge < -0.3 is 18.1 Å². The highest BCUT2D eigenvalue weighted by atomic mass is 31.2. The van der Waals surface area contributed by atoms with Crippen LogP contribution in [0.5, 0.6) is 23.0 Å². The molecule has 6 aromatic carbocycles. The third-order valence-electron chi connectivity index (χ3n) is 9.56. The van der Waals surface area contributed by atoms with Crippen molar-refractivity contribution >= 4 is 15.2 Å². The van der Waals surface area contributed by atoms with Crippen molar-refractivity contribution in [2.75, 3.05) is 0 Å². The Morgan fingerprint density at radius 1 is 0.389 bits per heavy atom. The molecule has 0 aliphatic heterocycles. The van der Waals surface area contributed by atoms with E-state index in [-0.39, 0.29) is 10.8 Å². The topological polar surface area (TPSA) is 71.1 Å². The van der Waals surface area contributed by atoms with Crippen LogP contribution in [0.2, 0.25) is 0 Å². The van der Waals surface area contributed by atoms with Crippen molar-refractivity contribution in [2.24, 2.45) is 0 Å². The number of hydrogen-bond acceptors (Lipinski definition) is 6. The molecule has 0 spiro atoms. The molecule has 0 N–H and O–H groups in total. The van der Waals surface area contributed by atoms with E-state index >= 15 is 0 Å². The van der Waals surface area contributed by atoms with Crippen LogP contribution < -0.4 is 18.1 Å². The van der Waals surface area contributed by atoms with Crippen LogP contribution in [0.3, 0.4) is 0 Å². The minimum absolute atomic E-state index is 0.218. The second kappa shape index (κ2) is 15.8. The van der Waals surface area contributed by atoms with Gasteiger partial charge in [0.2, 0.25) is 0 Å². The Balaban J connectivity index is 1.07. The summed E-state index contributed by atoms with van der Waals surface area (Å²) in [6, 6.07) is 49.8. The van der Waals surface area contributed by atoms with E-state index in [1.54, 1.807) is 48.5 Å². The van der Waals surface area contributed by atoms with Crippen LogP contribution in [0, 0.1) is 0 Å². The third-order valence-corrected chi connectivity index (χ3v) is 12.3. The molecule has 0 saturated heterocycles. The van der Waals surface area contributed by atoms with Gasteiger partial charge in [-0.3, -0.25) is 0 Å². The molecule has 2 atom stereocenters. The maximum atomic E-state index is 13.6. The number of rotatable bonds is 15. The minimum atomic E-state index is -3.72. The number of hydrogen-bond donors (Lipinski definition) is 0. The van der Waals surface area contributed by atoms with Crippen LogP contribution in [0.4, 0.5) is 0 Å². The summed E-state index contributed by atoms with van der Waals surface area (Å²) in [6.07, 6.45) is 0. The second-order valence-electron chi connectivity index (χ2n) is 13.9. The maximum Gasteiger partial charge on any atom is 0.455 e. The van der Waals surface area contributed by atoms with Crippen LogP contribution in [0.25, 0.3) is 11.1 Å². The molecule has 54 heavy (non-hydrogen) atoms. The van der Waals surface area contributed by atoms with Crippen molar-refractivity contribution in [3.63, 3.8) is 0 Å². The summed E-state index contributed by atoms with van der Waals surface area (Å²) < 4.78 is 50.5. The summed E-state index contributed by atoms with van der Waals surface area (Å²) in [5.74, 6) is 3.96. The zero-order valence-corrected chi connectivity index (χ0v) is 32.7. The van der Waals surface area contributed by atoms with Crippen LogP contribution in [0.15, 0.2) is 183 Å². The van der Waals surface area contributed by atoms with Gasteiger partial charge in [0.25, 0.3) is 0 Å². The Labute approximate surface area is 318 Å². The molecule has 6 rings (SSSR count). The highest BCUT2D eigenvalue weighted by Crippen LogP contribution is 2.51. The molecule has 0 bridgehead atoms. The molecule has 0 aromatic heterocycles. The largest absolute Gasteiger partial charge is 0.455 e. The summed E-state index contributed by atoms with van der Waals surface area (Å²) in [7, 11) is -7.44. The van der Waals surface area contributed by atoms with Crippen molar-refractivity contribution in [3.8, 4) is 34.1 Å². The quantitative estimate of drug-likeness (QED) is 0.0972. The van der Waals surface area contributed by atoms with E-state index in [4.69, 9.17) is 18.1 Å². The van der Waals surface area contributed by atoms with E-state index in [0.29, 0.717) is 23.0 Å². The van der Waals surface area contributed by atoms with E-state index < -0.39 is 15.2 Å². The molecule has 0 radical (unpaired) electrons. The standard InChI is InChI=1S/C46H44O6P2/c1-7-53(47,51-43-31-23-39(24-32-43)45(3,4)37-15-11-9-12-16-37)49-41-27-19-35(20-28-41)36-21-29-42(30-22-36)50-54(48,8-2)52-44-33-25-40(26-34-44)46(5,6)38-17-13-10-14-18-38/h7-34H,1-2H2,3-6H3. The zero-order chi connectivity index (χ0) is 38.4. The van der Waals surface area contributed by atoms with Crippen molar-refractivity contribution in [1.29, 1.82) is 0 Å². The van der Waals surface area contributed by atoms with Gasteiger partial charge in [-0.1, -0.05) is 150 Å². The first kappa shape index (κ1) is 38.2. The summed E-state index contributed by atoms with van der Waals surface area (Å²) in [5, 5.41) is 0. The van der Waals surface area contributed by atoms with Gasteiger partial charge in [0, 0.05) is 22.5 Å². The van der Waals surface area contributed by atoms with Crippen LogP contribution in [-0.2, 0) is 20.0 Å². The SMILES string of the molecule is C=CP(=O)(Oc1ccc(-c2ccc(OP(=O)(C=C)Oc3ccc(C(C)(C)c4ccccc4)cc3)cc2)cc1)Oc1ccc(C(C)(C)c2ccccc2)cc1. The smallest absolute Gasteiger partial charge is 0.413 e. The second-order valence-corrected chi connectivity index (χ2v) is 17.5. The molecule has 6 aromatic rings. The van der Waals surface area contributed by atoms with Crippen LogP contribution >= 0.6 is 15.2 Å². The van der Waals surface area contributed by atoms with Gasteiger partial charge in [0.15, 0.2) is 0 Å². The summed E-state index contributed by atoms with van der Waals surface area (Å²) in [6.45, 7) is 16.1. The maximum absolute atomic E-state index is 13.6. The molecule has 0 amide bonds. The molecule has 8 heteroatoms. The molecular weight excluding hydrogens is 710 g/mol. The lowest BCUT2D eigenvalue weighted by Gasteiger charge is -2.26. The molecule has 2 unspecified atom stereocenters. The third kappa shape index (κ3) is 8.80. The molecule has 0 aliphatic carbocycles. The lowest BCUT2D eigenvalue weighted by Crippen LogP contribution is -2.18. The molecule has 0 fully saturated rings. The van der Waals surface area contributed by atoms with Gasteiger partial charge >= 0.3 is 15.2 Å². The molecule has 274 valence electrons. The van der Waals surface area contributed by atoms with E-state index in [9.17, 15) is 9.13 Å². The average molecular weight is 755 g/mol. The fraction of sp³-hybridized carbons (Fsp3) is 0.130. The molecular formula is C46H44O6P2. The summed E-state index contributed by atoms with van der Waals surface area (Å²) >= 11 is 0. The Morgan fingerprint density at radius 3 is 0.889 bits per heavy atom. The van der Waals surface area contributed by atoms with Crippen LogP contribution in [0.1, 0.15) is 49.9 Å². The monoisotopic (exact) mass is 754 g/mol. The normalized spacial score (nSPS) is 13.8.